The maximum absolute atomic E-state index is 13.3. The van der Waals surface area contributed by atoms with Gasteiger partial charge in [-0.1, -0.05) is 24.6 Å². The number of esters is 1. The molecule has 0 bridgehead atoms. The Bertz CT molecular complexity index is 1090. The molecule has 3 rings (SSSR count). The van der Waals surface area contributed by atoms with Gasteiger partial charge >= 0.3 is 12.1 Å². The van der Waals surface area contributed by atoms with E-state index in [1.807, 2.05) is 39.8 Å². The second-order valence-electron chi connectivity index (χ2n) is 9.07. The molecule has 7 heteroatoms. The molecule has 0 aliphatic heterocycles. The standard InChI is InChI=1S/C27H29F3O3S/c1-15-10-16(2)25(17(3)11-15)26-23(32)12-20(13-24(26)33-19(5)31)18(4)14-34-22-8-6-21(7-9-22)27(28,29)30/h6-11,18,20H,12-14H2,1-5H3. The van der Waals surface area contributed by atoms with Crippen LogP contribution in [0.1, 0.15) is 54.5 Å². The first-order chi connectivity index (χ1) is 15.9. The highest BCUT2D eigenvalue weighted by molar-refractivity contribution is 7.99. The van der Waals surface area contributed by atoms with E-state index in [0.29, 0.717) is 29.9 Å². The summed E-state index contributed by atoms with van der Waals surface area (Å²) in [5.41, 5.74) is 3.68. The molecule has 0 aromatic heterocycles. The molecule has 2 atom stereocenters. The SMILES string of the molecule is CC(=O)OC1=C(c2c(C)cc(C)cc2C)C(=O)CC(C(C)CSc2ccc(C(F)(F)F)cc2)C1. The number of thioether (sulfide) groups is 1. The van der Waals surface area contributed by atoms with Crippen LogP contribution in [-0.4, -0.2) is 17.5 Å². The molecule has 0 saturated carbocycles. The molecular formula is C27H29F3O3S. The van der Waals surface area contributed by atoms with Gasteiger partial charge in [0.25, 0.3) is 0 Å². The van der Waals surface area contributed by atoms with E-state index in [-0.39, 0.29) is 17.6 Å². The molecule has 2 aromatic rings. The predicted octanol–water partition coefficient (Wildman–Crippen LogP) is 7.31. The highest BCUT2D eigenvalue weighted by Gasteiger charge is 2.34. The summed E-state index contributed by atoms with van der Waals surface area (Å²) in [6.07, 6.45) is -3.56. The van der Waals surface area contributed by atoms with Crippen LogP contribution >= 0.6 is 11.8 Å². The summed E-state index contributed by atoms with van der Waals surface area (Å²) in [4.78, 5) is 25.9. The van der Waals surface area contributed by atoms with Crippen molar-refractivity contribution < 1.29 is 27.5 Å². The van der Waals surface area contributed by atoms with Crippen molar-refractivity contribution in [2.24, 2.45) is 11.8 Å². The highest BCUT2D eigenvalue weighted by Crippen LogP contribution is 2.41. The lowest BCUT2D eigenvalue weighted by Gasteiger charge is -2.30. The van der Waals surface area contributed by atoms with Gasteiger partial charge < -0.3 is 4.74 Å². The van der Waals surface area contributed by atoms with E-state index in [4.69, 9.17) is 4.74 Å². The Hall–Kier alpha value is -2.54. The zero-order chi connectivity index (χ0) is 25.2. The van der Waals surface area contributed by atoms with Gasteiger partial charge in [-0.05, 0) is 73.6 Å². The summed E-state index contributed by atoms with van der Waals surface area (Å²) in [5.74, 6) is 0.593. The fourth-order valence-electron chi connectivity index (χ4n) is 4.53. The van der Waals surface area contributed by atoms with Crippen LogP contribution in [-0.2, 0) is 20.5 Å². The number of ether oxygens (including phenoxy) is 1. The van der Waals surface area contributed by atoms with Crippen molar-refractivity contribution in [3.05, 3.63) is 70.0 Å². The van der Waals surface area contributed by atoms with Gasteiger partial charge in [0.2, 0.25) is 0 Å². The van der Waals surface area contributed by atoms with Crippen molar-refractivity contribution in [3.63, 3.8) is 0 Å². The Morgan fingerprint density at radius 3 is 2.21 bits per heavy atom. The lowest BCUT2D eigenvalue weighted by atomic mass is 9.77. The van der Waals surface area contributed by atoms with Crippen molar-refractivity contribution in [1.29, 1.82) is 0 Å². The molecule has 0 saturated heterocycles. The number of carbonyl (C=O) groups is 2. The largest absolute Gasteiger partial charge is 0.430 e. The van der Waals surface area contributed by atoms with Crippen molar-refractivity contribution in [2.45, 2.75) is 58.5 Å². The second kappa shape index (κ2) is 10.4. The minimum atomic E-state index is -4.36. The number of halogens is 3. The summed E-state index contributed by atoms with van der Waals surface area (Å²) >= 11 is 1.46. The summed E-state index contributed by atoms with van der Waals surface area (Å²) in [7, 11) is 0. The van der Waals surface area contributed by atoms with Crippen LogP contribution in [0.15, 0.2) is 47.1 Å². The summed E-state index contributed by atoms with van der Waals surface area (Å²) in [5, 5.41) is 0. The Kier molecular flexibility index (Phi) is 7.96. The third-order valence-corrected chi connectivity index (χ3v) is 7.44. The third-order valence-electron chi connectivity index (χ3n) is 6.15. The average Bonchev–Trinajstić information content (AvgIpc) is 2.72. The first kappa shape index (κ1) is 26.1. The number of hydrogen-bond donors (Lipinski definition) is 0. The van der Waals surface area contributed by atoms with Crippen LogP contribution in [0.25, 0.3) is 5.57 Å². The fourth-order valence-corrected chi connectivity index (χ4v) is 5.59. The maximum atomic E-state index is 13.3. The van der Waals surface area contributed by atoms with Gasteiger partial charge in [0, 0.05) is 30.4 Å². The lowest BCUT2D eigenvalue weighted by Crippen LogP contribution is -2.27. The van der Waals surface area contributed by atoms with Crippen molar-refractivity contribution in [1.82, 2.24) is 0 Å². The molecule has 0 N–H and O–H groups in total. The van der Waals surface area contributed by atoms with Crippen LogP contribution in [0.5, 0.6) is 0 Å². The Labute approximate surface area is 202 Å². The number of allylic oxidation sites excluding steroid dienone is 2. The van der Waals surface area contributed by atoms with Crippen LogP contribution in [0.3, 0.4) is 0 Å². The zero-order valence-corrected chi connectivity index (χ0v) is 20.8. The Balaban J connectivity index is 1.80. The molecular weight excluding hydrogens is 461 g/mol. The number of rotatable bonds is 6. The monoisotopic (exact) mass is 490 g/mol. The molecule has 0 amide bonds. The van der Waals surface area contributed by atoms with E-state index in [1.54, 1.807) is 0 Å². The van der Waals surface area contributed by atoms with E-state index in [9.17, 15) is 22.8 Å². The number of benzene rings is 2. The van der Waals surface area contributed by atoms with Crippen LogP contribution < -0.4 is 0 Å². The minimum Gasteiger partial charge on any atom is -0.430 e. The Morgan fingerprint density at radius 2 is 1.68 bits per heavy atom. The first-order valence-corrected chi connectivity index (χ1v) is 12.2. The average molecular weight is 491 g/mol. The van der Waals surface area contributed by atoms with E-state index < -0.39 is 17.7 Å². The second-order valence-corrected chi connectivity index (χ2v) is 10.2. The van der Waals surface area contributed by atoms with Gasteiger partial charge in [-0.3, -0.25) is 9.59 Å². The minimum absolute atomic E-state index is 0.0291. The number of aryl methyl sites for hydroxylation is 3. The predicted molar refractivity (Wildman–Crippen MR) is 128 cm³/mol. The van der Waals surface area contributed by atoms with Gasteiger partial charge in [0.15, 0.2) is 5.78 Å². The zero-order valence-electron chi connectivity index (χ0n) is 20.0. The topological polar surface area (TPSA) is 43.4 Å². The van der Waals surface area contributed by atoms with Gasteiger partial charge in [-0.15, -0.1) is 11.8 Å². The molecule has 34 heavy (non-hydrogen) atoms. The molecule has 0 fully saturated rings. The highest BCUT2D eigenvalue weighted by atomic mass is 32.2. The summed E-state index contributed by atoms with van der Waals surface area (Å²) in [6.45, 7) is 9.26. The number of ketones is 1. The number of carbonyl (C=O) groups excluding carboxylic acids is 2. The lowest BCUT2D eigenvalue weighted by molar-refractivity contribution is -0.138. The first-order valence-electron chi connectivity index (χ1n) is 11.2. The van der Waals surface area contributed by atoms with Crippen LogP contribution in [0.2, 0.25) is 0 Å². The van der Waals surface area contributed by atoms with Crippen LogP contribution in [0, 0.1) is 32.6 Å². The summed E-state index contributed by atoms with van der Waals surface area (Å²) < 4.78 is 43.9. The van der Waals surface area contributed by atoms with Gasteiger partial charge in [-0.2, -0.15) is 13.2 Å². The number of alkyl halides is 3. The molecule has 0 spiro atoms. The Morgan fingerprint density at radius 1 is 1.09 bits per heavy atom. The van der Waals surface area contributed by atoms with Crippen molar-refractivity contribution >= 4 is 29.1 Å². The van der Waals surface area contributed by atoms with E-state index in [1.165, 1.54) is 30.8 Å². The maximum Gasteiger partial charge on any atom is 0.416 e. The molecule has 0 heterocycles. The normalized spacial score (nSPS) is 17.6. The molecule has 0 radical (unpaired) electrons. The van der Waals surface area contributed by atoms with Gasteiger partial charge in [0.1, 0.15) is 5.76 Å². The van der Waals surface area contributed by atoms with E-state index in [2.05, 4.69) is 0 Å². The van der Waals surface area contributed by atoms with E-state index in [0.717, 1.165) is 39.3 Å². The van der Waals surface area contributed by atoms with Gasteiger partial charge in [0.05, 0.1) is 11.1 Å². The third kappa shape index (κ3) is 6.12. The number of hydrogen-bond acceptors (Lipinski definition) is 4. The molecule has 1 aliphatic carbocycles. The smallest absolute Gasteiger partial charge is 0.416 e. The number of Topliss-reactive ketones (excluding diaryl/α,β-unsaturated/α-hetero) is 1. The van der Waals surface area contributed by atoms with Crippen LogP contribution in [0.4, 0.5) is 13.2 Å². The quantitative estimate of drug-likeness (QED) is 0.314. The molecule has 2 aromatic carbocycles. The molecule has 3 nitrogen and oxygen atoms in total. The van der Waals surface area contributed by atoms with E-state index >= 15 is 0 Å². The van der Waals surface area contributed by atoms with Crippen molar-refractivity contribution in [2.75, 3.05) is 5.75 Å². The molecule has 1 aliphatic rings. The summed E-state index contributed by atoms with van der Waals surface area (Å²) in [6, 6.07) is 9.14. The molecule has 182 valence electrons. The fraction of sp³-hybridized carbons (Fsp3) is 0.407. The van der Waals surface area contributed by atoms with Gasteiger partial charge in [-0.25, -0.2) is 0 Å². The van der Waals surface area contributed by atoms with Crippen molar-refractivity contribution in [3.8, 4) is 0 Å². The molecule has 2 unspecified atom stereocenters.